The molecule has 1 amide bonds. The molecule has 1 atom stereocenters. The Morgan fingerprint density at radius 2 is 2.24 bits per heavy atom. The van der Waals surface area contributed by atoms with Gasteiger partial charge < -0.3 is 5.32 Å². The molecule has 8 heteroatoms. The van der Waals surface area contributed by atoms with Crippen molar-refractivity contribution in [1.29, 1.82) is 0 Å². The number of nitrogens with one attached hydrogen (secondary N) is 1. The molecule has 96 valence electrons. The van der Waals surface area contributed by atoms with Gasteiger partial charge in [0.25, 0.3) is 0 Å². The Hall–Kier alpha value is -1.27. The molecule has 1 fully saturated rings. The van der Waals surface area contributed by atoms with Gasteiger partial charge in [-0.15, -0.1) is 0 Å². The number of hydrogen-bond donors (Lipinski definition) is 1. The number of carbonyl (C=O) groups excluding carboxylic acids is 1. The largest absolute Gasteiger partial charge is 0.355 e. The first-order valence-corrected chi connectivity index (χ1v) is 7.29. The molecule has 1 N–H and O–H groups in total. The second-order valence-corrected chi connectivity index (χ2v) is 6.25. The maximum atomic E-state index is 11.7. The summed E-state index contributed by atoms with van der Waals surface area (Å²) in [6, 6.07) is 0. The summed E-state index contributed by atoms with van der Waals surface area (Å²) in [6.45, 7) is 0.637. The number of amides is 1. The molecule has 0 saturated carbocycles. The van der Waals surface area contributed by atoms with Gasteiger partial charge in [0.2, 0.25) is 5.91 Å². The molecule has 0 aromatic rings. The lowest BCUT2D eigenvalue weighted by Gasteiger charge is -2.21. The number of azide groups is 1. The van der Waals surface area contributed by atoms with Gasteiger partial charge in [0, 0.05) is 18.0 Å². The zero-order valence-electron chi connectivity index (χ0n) is 9.50. The van der Waals surface area contributed by atoms with Crippen molar-refractivity contribution >= 4 is 15.7 Å². The summed E-state index contributed by atoms with van der Waals surface area (Å²) in [6.07, 6.45) is 2.34. The minimum atomic E-state index is -3.26. The highest BCUT2D eigenvalue weighted by molar-refractivity contribution is 7.92. The van der Waals surface area contributed by atoms with E-state index in [-0.39, 0.29) is 5.75 Å². The summed E-state index contributed by atoms with van der Waals surface area (Å²) in [5.41, 5.74) is 8.04. The lowest BCUT2D eigenvalue weighted by molar-refractivity contribution is -0.120. The van der Waals surface area contributed by atoms with Crippen LogP contribution in [0.3, 0.4) is 0 Å². The maximum Gasteiger partial charge on any atom is 0.238 e. The predicted molar refractivity (Wildman–Crippen MR) is 63.1 cm³/mol. The van der Waals surface area contributed by atoms with Crippen molar-refractivity contribution in [3.05, 3.63) is 10.4 Å². The fraction of sp³-hybridized carbons (Fsp3) is 0.889. The third-order valence-corrected chi connectivity index (χ3v) is 4.84. The number of rotatable bonds is 5. The predicted octanol–water partition coefficient (Wildman–Crippen LogP) is 0.770. The van der Waals surface area contributed by atoms with Gasteiger partial charge in [-0.25, -0.2) is 8.42 Å². The molecular formula is C9H16N4O3S. The van der Waals surface area contributed by atoms with Crippen LogP contribution in [0.1, 0.15) is 25.7 Å². The quantitative estimate of drug-likeness (QED) is 0.341. The Morgan fingerprint density at radius 3 is 2.88 bits per heavy atom. The smallest absolute Gasteiger partial charge is 0.238 e. The van der Waals surface area contributed by atoms with Crippen molar-refractivity contribution in [2.75, 3.05) is 18.8 Å². The number of sulfone groups is 1. The molecule has 1 rings (SSSR count). The Kier molecular flexibility index (Phi) is 5.24. The molecule has 1 saturated heterocycles. The van der Waals surface area contributed by atoms with E-state index in [1.54, 1.807) is 0 Å². The molecular weight excluding hydrogens is 244 g/mol. The van der Waals surface area contributed by atoms with Crippen LogP contribution in [0.15, 0.2) is 5.11 Å². The van der Waals surface area contributed by atoms with Crippen molar-refractivity contribution in [2.24, 2.45) is 5.11 Å². The van der Waals surface area contributed by atoms with Gasteiger partial charge in [-0.05, 0) is 24.8 Å². The molecule has 0 spiro atoms. The molecule has 7 nitrogen and oxygen atoms in total. The number of carbonyl (C=O) groups is 1. The Labute approximate surface area is 100 Å². The monoisotopic (exact) mass is 260 g/mol. The van der Waals surface area contributed by atoms with Crippen molar-refractivity contribution in [1.82, 2.24) is 5.32 Å². The summed E-state index contributed by atoms with van der Waals surface area (Å²) in [4.78, 5) is 14.2. The molecule has 1 aliphatic rings. The summed E-state index contributed by atoms with van der Waals surface area (Å²) < 4.78 is 23.3. The van der Waals surface area contributed by atoms with Crippen molar-refractivity contribution in [2.45, 2.75) is 30.9 Å². The lowest BCUT2D eigenvalue weighted by Crippen LogP contribution is -2.43. The minimum absolute atomic E-state index is 0.101. The summed E-state index contributed by atoms with van der Waals surface area (Å²) >= 11 is 0. The fourth-order valence-corrected chi connectivity index (χ4v) is 3.60. The van der Waals surface area contributed by atoms with E-state index in [0.717, 1.165) is 6.42 Å². The molecule has 1 aliphatic heterocycles. The fourth-order valence-electron chi connectivity index (χ4n) is 1.77. The molecule has 17 heavy (non-hydrogen) atoms. The molecule has 0 bridgehead atoms. The second-order valence-electron chi connectivity index (χ2n) is 3.95. The van der Waals surface area contributed by atoms with Crippen molar-refractivity contribution in [3.8, 4) is 0 Å². The van der Waals surface area contributed by atoms with Gasteiger partial charge in [0.15, 0.2) is 9.84 Å². The normalized spacial score (nSPS) is 22.5. The topological polar surface area (TPSA) is 112 Å². The SMILES string of the molecule is [N-]=[N+]=NCCCNC(=O)C1CCCCS1(=O)=O. The highest BCUT2D eigenvalue weighted by Crippen LogP contribution is 2.19. The van der Waals surface area contributed by atoms with E-state index in [9.17, 15) is 13.2 Å². The van der Waals surface area contributed by atoms with Gasteiger partial charge in [-0.1, -0.05) is 11.5 Å². The summed E-state index contributed by atoms with van der Waals surface area (Å²) in [7, 11) is -3.26. The third kappa shape index (κ3) is 4.24. The van der Waals surface area contributed by atoms with E-state index in [1.165, 1.54) is 0 Å². The van der Waals surface area contributed by atoms with Crippen LogP contribution in [-0.4, -0.2) is 38.4 Å². The molecule has 0 aromatic heterocycles. The maximum absolute atomic E-state index is 11.7. The second kappa shape index (κ2) is 6.46. The van der Waals surface area contributed by atoms with E-state index in [1.807, 2.05) is 0 Å². The molecule has 0 aliphatic carbocycles. The third-order valence-electron chi connectivity index (χ3n) is 2.67. The van der Waals surface area contributed by atoms with Crippen LogP contribution in [-0.2, 0) is 14.6 Å². The average molecular weight is 260 g/mol. The van der Waals surface area contributed by atoms with Gasteiger partial charge in [0.05, 0.1) is 5.75 Å². The number of nitrogens with zero attached hydrogens (tertiary/aromatic N) is 3. The van der Waals surface area contributed by atoms with Crippen LogP contribution in [0.2, 0.25) is 0 Å². The summed E-state index contributed by atoms with van der Waals surface area (Å²) in [5.74, 6) is -0.324. The lowest BCUT2D eigenvalue weighted by atomic mass is 10.2. The molecule has 1 unspecified atom stereocenters. The highest BCUT2D eigenvalue weighted by Gasteiger charge is 2.34. The van der Waals surface area contributed by atoms with Crippen LogP contribution in [0.4, 0.5) is 0 Å². The summed E-state index contributed by atoms with van der Waals surface area (Å²) in [5, 5.41) is 4.99. The van der Waals surface area contributed by atoms with Crippen molar-refractivity contribution < 1.29 is 13.2 Å². The zero-order valence-corrected chi connectivity index (χ0v) is 10.3. The van der Waals surface area contributed by atoms with Crippen molar-refractivity contribution in [3.63, 3.8) is 0 Å². The first kappa shape index (κ1) is 13.8. The van der Waals surface area contributed by atoms with Crippen LogP contribution in [0, 0.1) is 0 Å². The van der Waals surface area contributed by atoms with Gasteiger partial charge in [-0.2, -0.15) is 0 Å². The molecule has 0 radical (unpaired) electrons. The molecule has 1 heterocycles. The van der Waals surface area contributed by atoms with E-state index >= 15 is 0 Å². The Morgan fingerprint density at radius 1 is 1.47 bits per heavy atom. The van der Waals surface area contributed by atoms with E-state index < -0.39 is 21.0 Å². The van der Waals surface area contributed by atoms with Crippen LogP contribution in [0.5, 0.6) is 0 Å². The van der Waals surface area contributed by atoms with E-state index in [4.69, 9.17) is 5.53 Å². The molecule has 0 aromatic carbocycles. The average Bonchev–Trinajstić information content (AvgIpc) is 2.28. The van der Waals surface area contributed by atoms with Crippen LogP contribution < -0.4 is 5.32 Å². The van der Waals surface area contributed by atoms with E-state index in [0.29, 0.717) is 32.4 Å². The van der Waals surface area contributed by atoms with Gasteiger partial charge in [-0.3, -0.25) is 4.79 Å². The van der Waals surface area contributed by atoms with Gasteiger partial charge >= 0.3 is 0 Å². The Balaban J connectivity index is 2.38. The standard InChI is InChI=1S/C9H16N4O3S/c10-13-12-6-3-5-11-9(14)8-4-1-2-7-17(8,15)16/h8H,1-7H2,(H,11,14). The first-order valence-electron chi connectivity index (χ1n) is 5.58. The van der Waals surface area contributed by atoms with Gasteiger partial charge in [0.1, 0.15) is 5.25 Å². The van der Waals surface area contributed by atoms with E-state index in [2.05, 4.69) is 15.3 Å². The Bertz CT molecular complexity index is 414. The highest BCUT2D eigenvalue weighted by atomic mass is 32.2. The van der Waals surface area contributed by atoms with Crippen LogP contribution in [0.25, 0.3) is 10.4 Å². The first-order chi connectivity index (χ1) is 8.08. The zero-order chi connectivity index (χ0) is 12.7. The van der Waals surface area contributed by atoms with Crippen LogP contribution >= 0.6 is 0 Å². The number of hydrogen-bond acceptors (Lipinski definition) is 4. The minimum Gasteiger partial charge on any atom is -0.355 e.